The van der Waals surface area contributed by atoms with Gasteiger partial charge >= 0.3 is 5.97 Å². The Kier molecular flexibility index (Phi) is 5.44. The maximum absolute atomic E-state index is 12.0. The number of rotatable bonds is 5. The lowest BCUT2D eigenvalue weighted by molar-refractivity contribution is 0.0201. The summed E-state index contributed by atoms with van der Waals surface area (Å²) in [6.45, 7) is 2.11. The molecule has 1 fully saturated rings. The van der Waals surface area contributed by atoms with Crippen molar-refractivity contribution in [2.75, 3.05) is 19.5 Å². The molecule has 0 radical (unpaired) electrons. The predicted octanol–water partition coefficient (Wildman–Crippen LogP) is 2.78. The first-order valence-electron chi connectivity index (χ1n) is 7.40. The zero-order chi connectivity index (χ0) is 15.2. The summed E-state index contributed by atoms with van der Waals surface area (Å²) in [5.41, 5.74) is 6.79. The third-order valence-corrected chi connectivity index (χ3v) is 3.71. The first-order valence-corrected chi connectivity index (χ1v) is 7.40. The lowest BCUT2D eigenvalue weighted by Crippen LogP contribution is -2.30. The van der Waals surface area contributed by atoms with Crippen LogP contribution in [0.1, 0.15) is 43.0 Å². The lowest BCUT2D eigenvalue weighted by atomic mass is 9.95. The summed E-state index contributed by atoms with van der Waals surface area (Å²) < 4.78 is 16.5. The summed E-state index contributed by atoms with van der Waals surface area (Å²) >= 11 is 0. The van der Waals surface area contributed by atoms with Crippen LogP contribution in [-0.4, -0.2) is 31.9 Å². The van der Waals surface area contributed by atoms with Crippen LogP contribution in [0.5, 0.6) is 5.75 Å². The number of anilines is 1. The molecule has 0 amide bonds. The number of esters is 1. The summed E-state index contributed by atoms with van der Waals surface area (Å²) in [6.07, 6.45) is 4.15. The van der Waals surface area contributed by atoms with E-state index in [1.807, 2.05) is 0 Å². The topological polar surface area (TPSA) is 70.8 Å². The molecular weight excluding hydrogens is 270 g/mol. The Hall–Kier alpha value is -1.75. The van der Waals surface area contributed by atoms with Gasteiger partial charge in [0, 0.05) is 25.3 Å². The van der Waals surface area contributed by atoms with E-state index in [9.17, 15) is 4.79 Å². The average Bonchev–Trinajstić information content (AvgIpc) is 2.48. The van der Waals surface area contributed by atoms with Gasteiger partial charge in [-0.1, -0.05) is 0 Å². The standard InChI is InChI=1S/C16H23NO4/c1-3-20-16(18)14-8-7-11(17)9-15(14)21-13-6-4-5-12(10-13)19-2/h7-9,12-13H,3-6,10,17H2,1-2H3. The number of nitrogens with two attached hydrogens (primary N) is 1. The summed E-state index contributed by atoms with van der Waals surface area (Å²) in [4.78, 5) is 12.0. The van der Waals surface area contributed by atoms with Crippen molar-refractivity contribution < 1.29 is 19.0 Å². The summed E-state index contributed by atoms with van der Waals surface area (Å²) in [6, 6.07) is 5.01. The number of methoxy groups -OCH3 is 1. The summed E-state index contributed by atoms with van der Waals surface area (Å²) in [5, 5.41) is 0. The fourth-order valence-corrected chi connectivity index (χ4v) is 2.62. The number of hydrogen-bond donors (Lipinski definition) is 1. The Bertz CT molecular complexity index is 489. The van der Waals surface area contributed by atoms with Crippen molar-refractivity contribution in [3.63, 3.8) is 0 Å². The lowest BCUT2D eigenvalue weighted by Gasteiger charge is -2.29. The van der Waals surface area contributed by atoms with E-state index in [-0.39, 0.29) is 18.2 Å². The minimum Gasteiger partial charge on any atom is -0.489 e. The molecule has 0 aromatic heterocycles. The van der Waals surface area contributed by atoms with Gasteiger partial charge < -0.3 is 19.9 Å². The van der Waals surface area contributed by atoms with E-state index in [0.29, 0.717) is 23.6 Å². The highest BCUT2D eigenvalue weighted by atomic mass is 16.5. The zero-order valence-corrected chi connectivity index (χ0v) is 12.6. The molecule has 0 saturated heterocycles. The fraction of sp³-hybridized carbons (Fsp3) is 0.562. The average molecular weight is 293 g/mol. The van der Waals surface area contributed by atoms with Crippen LogP contribution >= 0.6 is 0 Å². The van der Waals surface area contributed by atoms with Crippen molar-refractivity contribution in [1.82, 2.24) is 0 Å². The molecule has 1 aromatic rings. The van der Waals surface area contributed by atoms with Crippen molar-refractivity contribution >= 4 is 11.7 Å². The molecule has 116 valence electrons. The molecule has 2 rings (SSSR count). The highest BCUT2D eigenvalue weighted by Gasteiger charge is 2.25. The van der Waals surface area contributed by atoms with Gasteiger partial charge in [-0.25, -0.2) is 4.79 Å². The molecule has 1 saturated carbocycles. The van der Waals surface area contributed by atoms with E-state index >= 15 is 0 Å². The zero-order valence-electron chi connectivity index (χ0n) is 12.6. The maximum atomic E-state index is 12.0. The predicted molar refractivity (Wildman–Crippen MR) is 80.5 cm³/mol. The van der Waals surface area contributed by atoms with Gasteiger partial charge in [0.25, 0.3) is 0 Å². The first-order chi connectivity index (χ1) is 10.1. The van der Waals surface area contributed by atoms with Gasteiger partial charge in [0.05, 0.1) is 12.7 Å². The Morgan fingerprint density at radius 1 is 1.33 bits per heavy atom. The van der Waals surface area contributed by atoms with Gasteiger partial charge in [-0.05, 0) is 38.3 Å². The second-order valence-electron chi connectivity index (χ2n) is 5.24. The Morgan fingerprint density at radius 3 is 2.81 bits per heavy atom. The minimum atomic E-state index is -0.383. The number of carbonyl (C=O) groups excluding carboxylic acids is 1. The number of carbonyl (C=O) groups is 1. The number of ether oxygens (including phenoxy) is 3. The van der Waals surface area contributed by atoms with Crippen LogP contribution in [0.2, 0.25) is 0 Å². The summed E-state index contributed by atoms with van der Waals surface area (Å²) in [5.74, 6) is 0.113. The highest BCUT2D eigenvalue weighted by molar-refractivity contribution is 5.93. The van der Waals surface area contributed by atoms with E-state index in [1.54, 1.807) is 32.2 Å². The third-order valence-electron chi connectivity index (χ3n) is 3.71. The molecule has 2 N–H and O–H groups in total. The van der Waals surface area contributed by atoms with Crippen LogP contribution in [0, 0.1) is 0 Å². The van der Waals surface area contributed by atoms with Crippen LogP contribution < -0.4 is 10.5 Å². The first kappa shape index (κ1) is 15.6. The molecule has 1 aromatic carbocycles. The monoisotopic (exact) mass is 293 g/mol. The second kappa shape index (κ2) is 7.31. The highest BCUT2D eigenvalue weighted by Crippen LogP contribution is 2.29. The van der Waals surface area contributed by atoms with Gasteiger partial charge in [-0.3, -0.25) is 0 Å². The quantitative estimate of drug-likeness (QED) is 0.667. The second-order valence-corrected chi connectivity index (χ2v) is 5.24. The molecule has 1 aliphatic rings. The van der Waals surface area contributed by atoms with Crippen LogP contribution in [0.15, 0.2) is 18.2 Å². The van der Waals surface area contributed by atoms with Crippen molar-refractivity contribution in [2.24, 2.45) is 0 Å². The number of hydrogen-bond acceptors (Lipinski definition) is 5. The van der Waals surface area contributed by atoms with E-state index in [4.69, 9.17) is 19.9 Å². The van der Waals surface area contributed by atoms with Crippen molar-refractivity contribution in [3.05, 3.63) is 23.8 Å². The third kappa shape index (κ3) is 4.11. The van der Waals surface area contributed by atoms with Crippen LogP contribution in [0.25, 0.3) is 0 Å². The summed E-state index contributed by atoms with van der Waals surface area (Å²) in [7, 11) is 1.72. The molecular formula is C16H23NO4. The van der Waals surface area contributed by atoms with Crippen molar-refractivity contribution in [3.8, 4) is 5.75 Å². The van der Waals surface area contributed by atoms with E-state index in [0.717, 1.165) is 25.7 Å². The molecule has 21 heavy (non-hydrogen) atoms. The van der Waals surface area contributed by atoms with Crippen molar-refractivity contribution in [1.29, 1.82) is 0 Å². The molecule has 1 aliphatic carbocycles. The Morgan fingerprint density at radius 2 is 2.10 bits per heavy atom. The molecule has 0 aliphatic heterocycles. The molecule has 0 bridgehead atoms. The van der Waals surface area contributed by atoms with Gasteiger partial charge in [0.1, 0.15) is 17.4 Å². The smallest absolute Gasteiger partial charge is 0.341 e. The molecule has 5 heteroatoms. The number of benzene rings is 1. The molecule has 0 spiro atoms. The molecule has 2 unspecified atom stereocenters. The van der Waals surface area contributed by atoms with Crippen LogP contribution in [0.4, 0.5) is 5.69 Å². The van der Waals surface area contributed by atoms with Gasteiger partial charge in [-0.2, -0.15) is 0 Å². The van der Waals surface area contributed by atoms with E-state index in [2.05, 4.69) is 0 Å². The van der Waals surface area contributed by atoms with E-state index < -0.39 is 0 Å². The SMILES string of the molecule is CCOC(=O)c1ccc(N)cc1OC1CCCC(OC)C1. The Labute approximate surface area is 125 Å². The molecule has 0 heterocycles. The largest absolute Gasteiger partial charge is 0.489 e. The minimum absolute atomic E-state index is 0.0404. The Balaban J connectivity index is 2.14. The van der Waals surface area contributed by atoms with Crippen LogP contribution in [0.3, 0.4) is 0 Å². The maximum Gasteiger partial charge on any atom is 0.341 e. The van der Waals surface area contributed by atoms with Gasteiger partial charge in [0.2, 0.25) is 0 Å². The number of nitrogen functional groups attached to an aromatic ring is 1. The van der Waals surface area contributed by atoms with Gasteiger partial charge in [0.15, 0.2) is 0 Å². The van der Waals surface area contributed by atoms with Gasteiger partial charge in [-0.15, -0.1) is 0 Å². The molecule has 2 atom stereocenters. The van der Waals surface area contributed by atoms with Crippen molar-refractivity contribution in [2.45, 2.75) is 44.8 Å². The van der Waals surface area contributed by atoms with Crippen LogP contribution in [-0.2, 0) is 9.47 Å². The molecule has 5 nitrogen and oxygen atoms in total. The van der Waals surface area contributed by atoms with E-state index in [1.165, 1.54) is 0 Å². The fourth-order valence-electron chi connectivity index (χ4n) is 2.62. The normalized spacial score (nSPS) is 21.8.